The summed E-state index contributed by atoms with van der Waals surface area (Å²) in [5.74, 6) is 3.37. The lowest BCUT2D eigenvalue weighted by atomic mass is 10.2. The summed E-state index contributed by atoms with van der Waals surface area (Å²) in [6, 6.07) is 12.2. The van der Waals surface area contributed by atoms with Gasteiger partial charge in [0.1, 0.15) is 11.5 Å². The van der Waals surface area contributed by atoms with E-state index in [4.69, 9.17) is 10.2 Å². The van der Waals surface area contributed by atoms with E-state index in [0.29, 0.717) is 12.5 Å². The number of anilines is 1. The van der Waals surface area contributed by atoms with Gasteiger partial charge in [-0.2, -0.15) is 0 Å². The molecule has 1 saturated carbocycles. The second kappa shape index (κ2) is 5.62. The Bertz CT molecular complexity index is 596. The Kier molecular flexibility index (Phi) is 3.85. The molecule has 1 aliphatic rings. The van der Waals surface area contributed by atoms with Crippen LogP contribution in [0.15, 0.2) is 45.3 Å². The first-order valence-electron chi connectivity index (χ1n) is 6.99. The summed E-state index contributed by atoms with van der Waals surface area (Å²) in [6.07, 6.45) is 1.24. The van der Waals surface area contributed by atoms with Crippen LogP contribution in [0.1, 0.15) is 36.8 Å². The molecular weight excluding hydrogens is 316 g/mol. The van der Waals surface area contributed by atoms with Crippen LogP contribution in [0.2, 0.25) is 0 Å². The quantitative estimate of drug-likeness (QED) is 0.858. The fraction of sp³-hybridized carbons (Fsp3) is 0.375. The molecule has 2 aromatic rings. The topological polar surface area (TPSA) is 51.2 Å². The number of benzene rings is 1. The van der Waals surface area contributed by atoms with Gasteiger partial charge in [-0.1, -0.05) is 28.9 Å². The predicted octanol–water partition coefficient (Wildman–Crippen LogP) is 4.28. The molecule has 3 N–H and O–H groups in total. The molecule has 1 fully saturated rings. The fourth-order valence-electron chi connectivity index (χ4n) is 2.50. The maximum atomic E-state index is 5.98. The summed E-state index contributed by atoms with van der Waals surface area (Å²) < 4.78 is 7.03. The molecule has 4 heteroatoms. The van der Waals surface area contributed by atoms with Crippen molar-refractivity contribution in [2.75, 3.05) is 11.9 Å². The van der Waals surface area contributed by atoms with Gasteiger partial charge in [-0.25, -0.2) is 0 Å². The van der Waals surface area contributed by atoms with Crippen LogP contribution in [0.4, 0.5) is 5.69 Å². The summed E-state index contributed by atoms with van der Waals surface area (Å²) in [4.78, 5) is 0. The smallest absolute Gasteiger partial charge is 0.127 e. The Morgan fingerprint density at radius 3 is 2.85 bits per heavy atom. The maximum absolute atomic E-state index is 5.98. The van der Waals surface area contributed by atoms with E-state index < -0.39 is 0 Å². The third kappa shape index (κ3) is 2.91. The van der Waals surface area contributed by atoms with E-state index in [1.165, 1.54) is 6.42 Å². The number of furan rings is 1. The van der Waals surface area contributed by atoms with Gasteiger partial charge in [0.2, 0.25) is 0 Å². The minimum atomic E-state index is 0.00658. The monoisotopic (exact) mass is 334 g/mol. The lowest BCUT2D eigenvalue weighted by molar-refractivity contribution is 0.441. The third-order valence-electron chi connectivity index (χ3n) is 3.87. The second-order valence-corrected chi connectivity index (χ2v) is 6.42. The average Bonchev–Trinajstić information content (AvgIpc) is 2.98. The Morgan fingerprint density at radius 2 is 2.20 bits per heavy atom. The Balaban J connectivity index is 1.74. The largest absolute Gasteiger partial charge is 0.464 e. The van der Waals surface area contributed by atoms with E-state index in [2.05, 4.69) is 34.2 Å². The maximum Gasteiger partial charge on any atom is 0.127 e. The lowest BCUT2D eigenvalue weighted by Crippen LogP contribution is -2.20. The van der Waals surface area contributed by atoms with E-state index in [9.17, 15) is 0 Å². The second-order valence-electron chi connectivity index (χ2n) is 5.50. The van der Waals surface area contributed by atoms with Gasteiger partial charge in [0.25, 0.3) is 0 Å². The van der Waals surface area contributed by atoms with Crippen molar-refractivity contribution in [1.82, 2.24) is 0 Å². The molecule has 0 bridgehead atoms. The summed E-state index contributed by atoms with van der Waals surface area (Å²) in [5.41, 5.74) is 6.92. The average molecular weight is 335 g/mol. The van der Waals surface area contributed by atoms with Crippen molar-refractivity contribution in [3.8, 4) is 0 Å². The number of rotatable bonds is 5. The molecule has 1 heterocycles. The molecule has 106 valence electrons. The molecule has 1 aromatic carbocycles. The number of halogens is 1. The van der Waals surface area contributed by atoms with Crippen LogP contribution in [-0.2, 0) is 0 Å². The van der Waals surface area contributed by atoms with Crippen molar-refractivity contribution in [3.63, 3.8) is 0 Å². The van der Waals surface area contributed by atoms with Crippen LogP contribution >= 0.6 is 15.9 Å². The SMILES string of the molecule is CC1CC1c1ccc(C(CN)Nc2cccc(Br)c2)o1. The third-order valence-corrected chi connectivity index (χ3v) is 4.36. The van der Waals surface area contributed by atoms with E-state index in [1.807, 2.05) is 30.3 Å². The van der Waals surface area contributed by atoms with Crippen molar-refractivity contribution in [1.29, 1.82) is 0 Å². The highest BCUT2D eigenvalue weighted by atomic mass is 79.9. The van der Waals surface area contributed by atoms with Crippen molar-refractivity contribution < 1.29 is 4.42 Å². The predicted molar refractivity (Wildman–Crippen MR) is 84.8 cm³/mol. The van der Waals surface area contributed by atoms with Gasteiger partial charge in [0.05, 0.1) is 6.04 Å². The van der Waals surface area contributed by atoms with Gasteiger partial charge in [-0.3, -0.25) is 0 Å². The van der Waals surface area contributed by atoms with Gasteiger partial charge in [-0.05, 0) is 42.7 Å². The Hall–Kier alpha value is -1.26. The van der Waals surface area contributed by atoms with E-state index in [1.54, 1.807) is 0 Å². The number of nitrogens with two attached hydrogens (primary N) is 1. The Labute approximate surface area is 127 Å². The van der Waals surface area contributed by atoms with Crippen molar-refractivity contribution in [2.24, 2.45) is 11.7 Å². The van der Waals surface area contributed by atoms with Crippen LogP contribution in [0.5, 0.6) is 0 Å². The molecule has 1 aliphatic carbocycles. The molecule has 20 heavy (non-hydrogen) atoms. The van der Waals surface area contributed by atoms with E-state index in [-0.39, 0.29) is 6.04 Å². The molecule has 0 spiro atoms. The van der Waals surface area contributed by atoms with Gasteiger partial charge in [-0.15, -0.1) is 0 Å². The summed E-state index contributed by atoms with van der Waals surface area (Å²) in [7, 11) is 0. The van der Waals surface area contributed by atoms with Crippen LogP contribution in [0, 0.1) is 5.92 Å². The number of hydrogen-bond acceptors (Lipinski definition) is 3. The standard InChI is InChI=1S/C16H19BrN2O/c1-10-7-13(10)15-5-6-16(20-15)14(9-18)19-12-4-2-3-11(17)8-12/h2-6,8,10,13-14,19H,7,9,18H2,1H3. The highest BCUT2D eigenvalue weighted by Crippen LogP contribution is 2.47. The number of nitrogens with one attached hydrogen (secondary N) is 1. The minimum absolute atomic E-state index is 0.00658. The molecule has 3 unspecified atom stereocenters. The highest BCUT2D eigenvalue weighted by Gasteiger charge is 2.36. The highest BCUT2D eigenvalue weighted by molar-refractivity contribution is 9.10. The Morgan fingerprint density at radius 1 is 1.40 bits per heavy atom. The van der Waals surface area contributed by atoms with Crippen LogP contribution in [0.3, 0.4) is 0 Å². The fourth-order valence-corrected chi connectivity index (χ4v) is 2.90. The molecule has 0 amide bonds. The van der Waals surface area contributed by atoms with Crippen LogP contribution < -0.4 is 11.1 Å². The van der Waals surface area contributed by atoms with E-state index >= 15 is 0 Å². The van der Waals surface area contributed by atoms with Gasteiger partial charge in [0.15, 0.2) is 0 Å². The molecule has 3 atom stereocenters. The lowest BCUT2D eigenvalue weighted by Gasteiger charge is -2.16. The van der Waals surface area contributed by atoms with Crippen molar-refractivity contribution >= 4 is 21.6 Å². The molecular formula is C16H19BrN2O. The zero-order valence-electron chi connectivity index (χ0n) is 11.5. The molecule has 0 aliphatic heterocycles. The normalized spacial score (nSPS) is 22.6. The minimum Gasteiger partial charge on any atom is -0.464 e. The van der Waals surface area contributed by atoms with Crippen molar-refractivity contribution in [2.45, 2.75) is 25.3 Å². The van der Waals surface area contributed by atoms with Gasteiger partial charge in [0, 0.05) is 22.6 Å². The molecule has 0 saturated heterocycles. The summed E-state index contributed by atoms with van der Waals surface area (Å²) in [5, 5.41) is 3.42. The van der Waals surface area contributed by atoms with Crippen LogP contribution in [-0.4, -0.2) is 6.54 Å². The number of hydrogen-bond donors (Lipinski definition) is 2. The van der Waals surface area contributed by atoms with E-state index in [0.717, 1.165) is 27.6 Å². The van der Waals surface area contributed by atoms with Crippen molar-refractivity contribution in [3.05, 3.63) is 52.4 Å². The molecule has 1 aromatic heterocycles. The summed E-state index contributed by atoms with van der Waals surface area (Å²) >= 11 is 3.47. The first kappa shape index (κ1) is 13.7. The first-order valence-corrected chi connectivity index (χ1v) is 7.78. The zero-order chi connectivity index (χ0) is 14.1. The first-order chi connectivity index (χ1) is 9.67. The molecule has 3 rings (SSSR count). The van der Waals surface area contributed by atoms with Crippen LogP contribution in [0.25, 0.3) is 0 Å². The zero-order valence-corrected chi connectivity index (χ0v) is 13.1. The molecule has 3 nitrogen and oxygen atoms in total. The van der Waals surface area contributed by atoms with Gasteiger partial charge >= 0.3 is 0 Å². The molecule has 0 radical (unpaired) electrons. The summed E-state index contributed by atoms with van der Waals surface area (Å²) in [6.45, 7) is 2.76. The van der Waals surface area contributed by atoms with Gasteiger partial charge < -0.3 is 15.5 Å².